The molecule has 1 aliphatic heterocycles. The number of likely N-dealkylation sites (tertiary alicyclic amines) is 1. The number of hydrogen-bond acceptors (Lipinski definition) is 4. The van der Waals surface area contributed by atoms with Gasteiger partial charge in [0.25, 0.3) is 0 Å². The molecule has 0 radical (unpaired) electrons. The van der Waals surface area contributed by atoms with Gasteiger partial charge in [-0.3, -0.25) is 4.90 Å². The molecule has 1 saturated heterocycles. The highest BCUT2D eigenvalue weighted by Crippen LogP contribution is 2.25. The molecule has 0 spiro atoms. The van der Waals surface area contributed by atoms with Crippen molar-refractivity contribution in [1.29, 1.82) is 0 Å². The summed E-state index contributed by atoms with van der Waals surface area (Å²) < 4.78 is 5.62. The average Bonchev–Trinajstić information content (AvgIpc) is 3.15. The lowest BCUT2D eigenvalue weighted by atomic mass is 10.2. The molecule has 1 N–H and O–H groups in total. The Morgan fingerprint density at radius 3 is 2.84 bits per heavy atom. The Kier molecular flexibility index (Phi) is 4.33. The molecule has 3 rings (SSSR count). The molecule has 4 heteroatoms. The van der Waals surface area contributed by atoms with Crippen molar-refractivity contribution in [2.24, 2.45) is 0 Å². The van der Waals surface area contributed by atoms with E-state index >= 15 is 0 Å². The highest BCUT2D eigenvalue weighted by Gasteiger charge is 2.24. The maximum atomic E-state index is 5.62. The van der Waals surface area contributed by atoms with Gasteiger partial charge in [-0.15, -0.1) is 11.3 Å². The Morgan fingerprint density at radius 2 is 2.16 bits per heavy atom. The summed E-state index contributed by atoms with van der Waals surface area (Å²) in [5.41, 5.74) is 0. The predicted octanol–water partition coefficient (Wildman–Crippen LogP) is 3.27. The highest BCUT2D eigenvalue weighted by atomic mass is 32.1. The molecule has 1 aliphatic rings. The standard InChI is InChI=1S/C15H20N2OS/c1-2-8-17(7-1)14(15-6-3-9-18-15)12-16-11-13-5-4-10-19-13/h3-6,9-10,14,16H,1-2,7-8,11-12H2/t14-/m0/s1. The number of nitrogens with one attached hydrogen (secondary N) is 1. The van der Waals surface area contributed by atoms with Crippen LogP contribution in [0, 0.1) is 0 Å². The van der Waals surface area contributed by atoms with E-state index < -0.39 is 0 Å². The second-order valence-electron chi connectivity index (χ2n) is 4.98. The number of rotatable bonds is 6. The normalized spacial score (nSPS) is 17.9. The average molecular weight is 276 g/mol. The first-order valence-electron chi connectivity index (χ1n) is 6.94. The van der Waals surface area contributed by atoms with E-state index in [9.17, 15) is 0 Å². The molecule has 0 amide bonds. The summed E-state index contributed by atoms with van der Waals surface area (Å²) in [6, 6.07) is 8.73. The van der Waals surface area contributed by atoms with Crippen LogP contribution in [0.3, 0.4) is 0 Å². The SMILES string of the molecule is c1coc([C@H](CNCc2cccs2)N2CCCC2)c1. The van der Waals surface area contributed by atoms with Gasteiger partial charge >= 0.3 is 0 Å². The van der Waals surface area contributed by atoms with E-state index in [1.165, 1.54) is 30.8 Å². The third-order valence-electron chi connectivity index (χ3n) is 3.67. The fraction of sp³-hybridized carbons (Fsp3) is 0.467. The van der Waals surface area contributed by atoms with Crippen LogP contribution in [0.15, 0.2) is 40.3 Å². The van der Waals surface area contributed by atoms with Gasteiger partial charge in [-0.2, -0.15) is 0 Å². The van der Waals surface area contributed by atoms with E-state index in [-0.39, 0.29) is 0 Å². The second kappa shape index (κ2) is 6.37. The van der Waals surface area contributed by atoms with Crippen molar-refractivity contribution in [1.82, 2.24) is 10.2 Å². The molecule has 3 heterocycles. The maximum Gasteiger partial charge on any atom is 0.122 e. The van der Waals surface area contributed by atoms with Crippen LogP contribution in [0.4, 0.5) is 0 Å². The fourth-order valence-electron chi connectivity index (χ4n) is 2.69. The zero-order chi connectivity index (χ0) is 12.9. The van der Waals surface area contributed by atoms with Crippen LogP contribution in [-0.2, 0) is 6.54 Å². The zero-order valence-corrected chi connectivity index (χ0v) is 11.9. The number of furan rings is 1. The Morgan fingerprint density at radius 1 is 1.26 bits per heavy atom. The summed E-state index contributed by atoms with van der Waals surface area (Å²) in [5.74, 6) is 1.08. The molecule has 0 saturated carbocycles. The molecule has 0 unspecified atom stereocenters. The van der Waals surface area contributed by atoms with Gasteiger partial charge < -0.3 is 9.73 Å². The Bertz CT molecular complexity index is 460. The van der Waals surface area contributed by atoms with Gasteiger partial charge in [0.05, 0.1) is 12.3 Å². The monoisotopic (exact) mass is 276 g/mol. The number of hydrogen-bond donors (Lipinski definition) is 1. The van der Waals surface area contributed by atoms with Gasteiger partial charge in [0.1, 0.15) is 5.76 Å². The first-order chi connectivity index (χ1) is 9.43. The van der Waals surface area contributed by atoms with Gasteiger partial charge in [0.2, 0.25) is 0 Å². The molecule has 1 atom stereocenters. The van der Waals surface area contributed by atoms with Crippen LogP contribution in [-0.4, -0.2) is 24.5 Å². The molecule has 0 aliphatic carbocycles. The summed E-state index contributed by atoms with van der Waals surface area (Å²) in [4.78, 5) is 3.92. The van der Waals surface area contributed by atoms with Crippen molar-refractivity contribution in [3.05, 3.63) is 46.5 Å². The van der Waals surface area contributed by atoms with Crippen LogP contribution in [0.1, 0.15) is 29.5 Å². The van der Waals surface area contributed by atoms with Crippen molar-refractivity contribution < 1.29 is 4.42 Å². The molecule has 3 nitrogen and oxygen atoms in total. The quantitative estimate of drug-likeness (QED) is 0.878. The van der Waals surface area contributed by atoms with Crippen molar-refractivity contribution >= 4 is 11.3 Å². The smallest absolute Gasteiger partial charge is 0.122 e. The molecule has 0 bridgehead atoms. The first-order valence-corrected chi connectivity index (χ1v) is 7.82. The van der Waals surface area contributed by atoms with Crippen molar-refractivity contribution in [3.63, 3.8) is 0 Å². The molecule has 0 aromatic carbocycles. The van der Waals surface area contributed by atoms with Gasteiger partial charge in [0, 0.05) is 18.0 Å². The summed E-state index contributed by atoms with van der Waals surface area (Å²) in [7, 11) is 0. The summed E-state index contributed by atoms with van der Waals surface area (Å²) in [6.07, 6.45) is 4.39. The van der Waals surface area contributed by atoms with E-state index in [2.05, 4.69) is 33.8 Å². The lowest BCUT2D eigenvalue weighted by Crippen LogP contribution is -2.33. The lowest BCUT2D eigenvalue weighted by molar-refractivity contribution is 0.209. The maximum absolute atomic E-state index is 5.62. The van der Waals surface area contributed by atoms with Crippen LogP contribution < -0.4 is 5.32 Å². The van der Waals surface area contributed by atoms with Gasteiger partial charge in [-0.1, -0.05) is 6.07 Å². The van der Waals surface area contributed by atoms with Crippen molar-refractivity contribution in [2.75, 3.05) is 19.6 Å². The fourth-order valence-corrected chi connectivity index (χ4v) is 3.36. The summed E-state index contributed by atoms with van der Waals surface area (Å²) >= 11 is 1.80. The molecule has 102 valence electrons. The van der Waals surface area contributed by atoms with Crippen LogP contribution in [0.2, 0.25) is 0 Å². The molecular formula is C15H20N2OS. The van der Waals surface area contributed by atoms with Crippen molar-refractivity contribution in [2.45, 2.75) is 25.4 Å². The Hall–Kier alpha value is -1.10. The molecular weight excluding hydrogens is 256 g/mol. The first kappa shape index (κ1) is 12.9. The van der Waals surface area contributed by atoms with Crippen molar-refractivity contribution in [3.8, 4) is 0 Å². The summed E-state index contributed by atoms with van der Waals surface area (Å²) in [6.45, 7) is 4.27. The van der Waals surface area contributed by atoms with E-state index in [0.717, 1.165) is 18.8 Å². The molecule has 2 aromatic heterocycles. The van der Waals surface area contributed by atoms with Crippen LogP contribution in [0.5, 0.6) is 0 Å². The third kappa shape index (κ3) is 3.26. The molecule has 19 heavy (non-hydrogen) atoms. The Balaban J connectivity index is 1.59. The van der Waals surface area contributed by atoms with E-state index in [1.54, 1.807) is 17.6 Å². The second-order valence-corrected chi connectivity index (χ2v) is 6.02. The highest BCUT2D eigenvalue weighted by molar-refractivity contribution is 7.09. The summed E-state index contributed by atoms with van der Waals surface area (Å²) in [5, 5.41) is 5.69. The van der Waals surface area contributed by atoms with E-state index in [1.807, 2.05) is 6.07 Å². The lowest BCUT2D eigenvalue weighted by Gasteiger charge is -2.26. The Labute approximate surface area is 118 Å². The van der Waals surface area contributed by atoms with Crippen LogP contribution in [0.25, 0.3) is 0 Å². The predicted molar refractivity (Wildman–Crippen MR) is 78.3 cm³/mol. The largest absolute Gasteiger partial charge is 0.468 e. The molecule has 2 aromatic rings. The number of thiophene rings is 1. The van der Waals surface area contributed by atoms with Crippen LogP contribution >= 0.6 is 11.3 Å². The van der Waals surface area contributed by atoms with Gasteiger partial charge in [-0.25, -0.2) is 0 Å². The topological polar surface area (TPSA) is 28.4 Å². The minimum atomic E-state index is 0.373. The third-order valence-corrected chi connectivity index (χ3v) is 4.55. The minimum absolute atomic E-state index is 0.373. The number of nitrogens with zero attached hydrogens (tertiary/aromatic N) is 1. The van der Waals surface area contributed by atoms with Gasteiger partial charge in [-0.05, 0) is 49.5 Å². The van der Waals surface area contributed by atoms with E-state index in [0.29, 0.717) is 6.04 Å². The van der Waals surface area contributed by atoms with Gasteiger partial charge in [0.15, 0.2) is 0 Å². The molecule has 1 fully saturated rings. The minimum Gasteiger partial charge on any atom is -0.468 e. The van der Waals surface area contributed by atoms with E-state index in [4.69, 9.17) is 4.42 Å². The zero-order valence-electron chi connectivity index (χ0n) is 11.0.